The second kappa shape index (κ2) is 4.56. The van der Waals surface area contributed by atoms with Crippen LogP contribution >= 0.6 is 15.9 Å². The lowest BCUT2D eigenvalue weighted by Gasteiger charge is -2.11. The molecule has 0 saturated heterocycles. The highest BCUT2D eigenvalue weighted by molar-refractivity contribution is 9.10. The Labute approximate surface area is 109 Å². The van der Waals surface area contributed by atoms with Gasteiger partial charge in [-0.1, -0.05) is 6.92 Å². The molecule has 0 aromatic carbocycles. The molecular weight excluding hydrogens is 315 g/mol. The van der Waals surface area contributed by atoms with Gasteiger partial charge in [-0.05, 0) is 28.3 Å². The van der Waals surface area contributed by atoms with E-state index in [0.717, 1.165) is 6.42 Å². The first-order chi connectivity index (χ1) is 8.28. The number of nitrogens with one attached hydrogen (secondary N) is 1. The Bertz CT molecular complexity index is 514. The van der Waals surface area contributed by atoms with Crippen LogP contribution in [0.1, 0.15) is 13.3 Å². The normalized spacial score (nSPS) is 22.9. The predicted octanol–water partition coefficient (Wildman–Crippen LogP) is 2.39. The lowest BCUT2D eigenvalue weighted by Crippen LogP contribution is -2.31. The molecule has 8 heteroatoms. The predicted molar refractivity (Wildman–Crippen MR) is 63.4 cm³/mol. The minimum Gasteiger partial charge on any atom is -0.380 e. The van der Waals surface area contributed by atoms with E-state index in [0.29, 0.717) is 16.3 Å². The lowest BCUT2D eigenvalue weighted by molar-refractivity contribution is -0.143. The first kappa shape index (κ1) is 13.4. The molecule has 0 bridgehead atoms. The number of hydrogen-bond donors (Lipinski definition) is 1. The van der Waals surface area contributed by atoms with Crippen LogP contribution in [0.5, 0.6) is 0 Å². The van der Waals surface area contributed by atoms with Crippen molar-refractivity contribution in [2.75, 3.05) is 5.32 Å². The molecule has 1 saturated carbocycles. The number of hydrogen-bond acceptors (Lipinski definition) is 3. The van der Waals surface area contributed by atoms with E-state index in [9.17, 15) is 18.0 Å². The van der Waals surface area contributed by atoms with Crippen LogP contribution in [0.4, 0.5) is 18.9 Å². The number of rotatable bonds is 3. The van der Waals surface area contributed by atoms with Gasteiger partial charge in [0.25, 0.3) is 5.56 Å². The van der Waals surface area contributed by atoms with Crippen LogP contribution in [0, 0.1) is 5.92 Å². The fourth-order valence-electron chi connectivity index (χ4n) is 1.57. The molecule has 1 N–H and O–H groups in total. The van der Waals surface area contributed by atoms with Gasteiger partial charge in [0.2, 0.25) is 0 Å². The molecule has 2 atom stereocenters. The minimum atomic E-state index is -4.46. The number of nitrogens with zero attached hydrogens (tertiary/aromatic N) is 2. The summed E-state index contributed by atoms with van der Waals surface area (Å²) in [6.07, 6.45) is -2.24. The van der Waals surface area contributed by atoms with Gasteiger partial charge in [-0.15, -0.1) is 0 Å². The monoisotopic (exact) mass is 325 g/mol. The maximum atomic E-state index is 12.2. The number of anilines is 1. The highest BCUT2D eigenvalue weighted by Crippen LogP contribution is 2.33. The first-order valence-electron chi connectivity index (χ1n) is 5.37. The van der Waals surface area contributed by atoms with E-state index in [-0.39, 0.29) is 10.5 Å². The SMILES string of the molecule is CC1CC1Nc1cnn(CC(F)(F)F)c(=O)c1Br. The van der Waals surface area contributed by atoms with Crippen molar-refractivity contribution in [3.8, 4) is 0 Å². The van der Waals surface area contributed by atoms with Crippen molar-refractivity contribution in [1.29, 1.82) is 0 Å². The molecule has 1 fully saturated rings. The van der Waals surface area contributed by atoms with Gasteiger partial charge in [0.05, 0.1) is 11.9 Å². The molecule has 1 aromatic heterocycles. The van der Waals surface area contributed by atoms with Crippen LogP contribution in [-0.2, 0) is 6.54 Å². The third-order valence-corrected chi connectivity index (χ3v) is 3.53. The summed E-state index contributed by atoms with van der Waals surface area (Å²) >= 11 is 3.01. The van der Waals surface area contributed by atoms with E-state index in [1.807, 2.05) is 6.92 Å². The topological polar surface area (TPSA) is 46.9 Å². The highest BCUT2D eigenvalue weighted by Gasteiger charge is 2.33. The van der Waals surface area contributed by atoms with E-state index in [1.54, 1.807) is 0 Å². The van der Waals surface area contributed by atoms with Crippen LogP contribution in [0.15, 0.2) is 15.5 Å². The standard InChI is InChI=1S/C10H11BrF3N3O/c1-5-2-6(5)16-7-3-15-17(4-10(12,13)14)9(18)8(7)11/h3,5-6,16H,2,4H2,1H3. The first-order valence-corrected chi connectivity index (χ1v) is 6.16. The summed E-state index contributed by atoms with van der Waals surface area (Å²) < 4.78 is 37.1. The molecule has 1 heterocycles. The molecule has 0 aliphatic heterocycles. The molecule has 0 radical (unpaired) electrons. The highest BCUT2D eigenvalue weighted by atomic mass is 79.9. The Hall–Kier alpha value is -1.05. The largest absolute Gasteiger partial charge is 0.408 e. The second-order valence-electron chi connectivity index (χ2n) is 4.41. The van der Waals surface area contributed by atoms with Crippen molar-refractivity contribution >= 4 is 21.6 Å². The zero-order valence-corrected chi connectivity index (χ0v) is 11.0. The summed E-state index contributed by atoms with van der Waals surface area (Å²) in [6.45, 7) is 0.661. The average Bonchev–Trinajstić information content (AvgIpc) is 2.92. The maximum Gasteiger partial charge on any atom is 0.408 e. The third kappa shape index (κ3) is 3.04. The zero-order chi connectivity index (χ0) is 13.5. The van der Waals surface area contributed by atoms with Crippen molar-refractivity contribution in [3.05, 3.63) is 21.0 Å². The van der Waals surface area contributed by atoms with Crippen LogP contribution in [0.2, 0.25) is 0 Å². The molecule has 1 aliphatic carbocycles. The van der Waals surface area contributed by atoms with E-state index >= 15 is 0 Å². The number of alkyl halides is 3. The summed E-state index contributed by atoms with van der Waals surface area (Å²) in [5.74, 6) is 0.509. The van der Waals surface area contributed by atoms with Gasteiger partial charge < -0.3 is 5.32 Å². The fraction of sp³-hybridized carbons (Fsp3) is 0.600. The van der Waals surface area contributed by atoms with Crippen molar-refractivity contribution < 1.29 is 13.2 Å². The van der Waals surface area contributed by atoms with E-state index in [4.69, 9.17) is 0 Å². The third-order valence-electron chi connectivity index (χ3n) is 2.76. The van der Waals surface area contributed by atoms with Gasteiger partial charge in [0, 0.05) is 6.04 Å². The van der Waals surface area contributed by atoms with Crippen molar-refractivity contribution in [2.24, 2.45) is 5.92 Å². The number of halogens is 4. The molecule has 2 unspecified atom stereocenters. The Kier molecular flexibility index (Phi) is 3.39. The van der Waals surface area contributed by atoms with Gasteiger partial charge in [-0.25, -0.2) is 4.68 Å². The summed E-state index contributed by atoms with van der Waals surface area (Å²) in [4.78, 5) is 11.7. The van der Waals surface area contributed by atoms with Gasteiger partial charge >= 0.3 is 6.18 Å². The van der Waals surface area contributed by atoms with E-state index < -0.39 is 18.3 Å². The van der Waals surface area contributed by atoms with Gasteiger partial charge in [-0.2, -0.15) is 18.3 Å². The van der Waals surface area contributed by atoms with Gasteiger partial charge in [0.1, 0.15) is 11.0 Å². The van der Waals surface area contributed by atoms with Crippen LogP contribution < -0.4 is 10.9 Å². The molecule has 0 amide bonds. The molecule has 4 nitrogen and oxygen atoms in total. The molecule has 2 rings (SSSR count). The molecule has 0 spiro atoms. The molecule has 1 aromatic rings. The Balaban J connectivity index is 2.21. The quantitative estimate of drug-likeness (QED) is 0.928. The van der Waals surface area contributed by atoms with E-state index in [1.165, 1.54) is 6.20 Å². The average molecular weight is 326 g/mol. The minimum absolute atomic E-state index is 0.0841. The smallest absolute Gasteiger partial charge is 0.380 e. The zero-order valence-electron chi connectivity index (χ0n) is 9.46. The van der Waals surface area contributed by atoms with E-state index in [2.05, 4.69) is 26.3 Å². The number of aromatic nitrogens is 2. The summed E-state index contributed by atoms with van der Waals surface area (Å²) in [5, 5.41) is 6.58. The lowest BCUT2D eigenvalue weighted by atomic mass is 10.4. The van der Waals surface area contributed by atoms with Crippen LogP contribution in [0.3, 0.4) is 0 Å². The van der Waals surface area contributed by atoms with Crippen molar-refractivity contribution in [2.45, 2.75) is 32.1 Å². The maximum absolute atomic E-state index is 12.2. The molecular formula is C10H11BrF3N3O. The Morgan fingerprint density at radius 3 is 2.72 bits per heavy atom. The second-order valence-corrected chi connectivity index (χ2v) is 5.21. The van der Waals surface area contributed by atoms with Crippen LogP contribution in [-0.4, -0.2) is 22.0 Å². The summed E-state index contributed by atoms with van der Waals surface area (Å²) in [6, 6.07) is 0.265. The Morgan fingerprint density at radius 2 is 2.22 bits per heavy atom. The van der Waals surface area contributed by atoms with Gasteiger partial charge in [0.15, 0.2) is 0 Å². The fourth-order valence-corrected chi connectivity index (χ4v) is 1.99. The van der Waals surface area contributed by atoms with Crippen molar-refractivity contribution in [1.82, 2.24) is 9.78 Å². The molecule has 1 aliphatic rings. The van der Waals surface area contributed by atoms with Crippen molar-refractivity contribution in [3.63, 3.8) is 0 Å². The molecule has 18 heavy (non-hydrogen) atoms. The Morgan fingerprint density at radius 1 is 1.61 bits per heavy atom. The molecule has 100 valence electrons. The van der Waals surface area contributed by atoms with Gasteiger partial charge in [-0.3, -0.25) is 4.79 Å². The summed E-state index contributed by atoms with van der Waals surface area (Å²) in [7, 11) is 0. The summed E-state index contributed by atoms with van der Waals surface area (Å²) in [5.41, 5.74) is -0.349. The van der Waals surface area contributed by atoms with Crippen LogP contribution in [0.25, 0.3) is 0 Å².